The fraction of sp³-hybridized carbons (Fsp3) is 0.235. The first kappa shape index (κ1) is 15.3. The van der Waals surface area contributed by atoms with Crippen LogP contribution >= 0.6 is 23.2 Å². The third-order valence-electron chi connectivity index (χ3n) is 3.78. The van der Waals surface area contributed by atoms with Crippen LogP contribution < -0.4 is 5.32 Å². The van der Waals surface area contributed by atoms with Crippen molar-refractivity contribution in [2.45, 2.75) is 19.1 Å². The zero-order chi connectivity index (χ0) is 15.7. The summed E-state index contributed by atoms with van der Waals surface area (Å²) in [6, 6.07) is 12.9. The van der Waals surface area contributed by atoms with Crippen molar-refractivity contribution in [2.75, 3.05) is 6.61 Å². The second-order valence-corrected chi connectivity index (χ2v) is 6.20. The van der Waals surface area contributed by atoms with E-state index in [2.05, 4.69) is 5.32 Å². The van der Waals surface area contributed by atoms with Gasteiger partial charge in [-0.1, -0.05) is 41.4 Å². The van der Waals surface area contributed by atoms with Gasteiger partial charge in [0.15, 0.2) is 0 Å². The highest BCUT2D eigenvalue weighted by atomic mass is 35.5. The lowest BCUT2D eigenvalue weighted by molar-refractivity contribution is -0.137. The Hall–Kier alpha value is -1.55. The third-order valence-corrected chi connectivity index (χ3v) is 4.27. The van der Waals surface area contributed by atoms with Gasteiger partial charge in [-0.15, -0.1) is 0 Å². The van der Waals surface area contributed by atoms with E-state index in [-0.39, 0.29) is 24.7 Å². The maximum Gasteiger partial charge on any atom is 0.246 e. The minimum absolute atomic E-state index is 0.0524. The van der Waals surface area contributed by atoms with Crippen molar-refractivity contribution in [3.05, 3.63) is 69.2 Å². The number of amides is 1. The first-order valence-electron chi connectivity index (χ1n) is 6.97. The number of hydrogen-bond donors (Lipinski definition) is 1. The average molecular weight is 336 g/mol. The highest BCUT2D eigenvalue weighted by Crippen LogP contribution is 2.36. The van der Waals surface area contributed by atoms with Crippen LogP contribution in [-0.2, 0) is 9.53 Å². The van der Waals surface area contributed by atoms with E-state index < -0.39 is 0 Å². The molecule has 1 fully saturated rings. The van der Waals surface area contributed by atoms with Crippen molar-refractivity contribution in [3.63, 3.8) is 0 Å². The Labute approximate surface area is 139 Å². The number of carbonyl (C=O) groups excluding carboxylic acids is 1. The van der Waals surface area contributed by atoms with Crippen LogP contribution in [0.25, 0.3) is 0 Å². The van der Waals surface area contributed by atoms with Crippen LogP contribution in [0.3, 0.4) is 0 Å². The molecule has 3 nitrogen and oxygen atoms in total. The Bertz CT molecular complexity index is 700. The standard InChI is InChI=1S/C17H15Cl2NO2/c1-10-8-13(19)6-7-14(10)17-16(20-15(21)9-22-17)11-2-4-12(18)5-3-11/h2-8,16-17H,9H2,1H3,(H,20,21)/t16-,17+/m0/s1. The summed E-state index contributed by atoms with van der Waals surface area (Å²) in [5.74, 6) is -0.122. The van der Waals surface area contributed by atoms with Crippen molar-refractivity contribution in [1.29, 1.82) is 0 Å². The minimum Gasteiger partial charge on any atom is -0.361 e. The molecule has 0 saturated carbocycles. The number of morpholine rings is 1. The molecule has 0 aliphatic carbocycles. The quantitative estimate of drug-likeness (QED) is 0.891. The zero-order valence-corrected chi connectivity index (χ0v) is 13.5. The summed E-state index contributed by atoms with van der Waals surface area (Å²) in [5.41, 5.74) is 3.01. The Kier molecular flexibility index (Phi) is 4.39. The predicted octanol–water partition coefficient (Wildman–Crippen LogP) is 4.23. The van der Waals surface area contributed by atoms with Gasteiger partial charge < -0.3 is 10.1 Å². The maximum absolute atomic E-state index is 11.7. The molecule has 1 N–H and O–H groups in total. The fourth-order valence-electron chi connectivity index (χ4n) is 2.71. The van der Waals surface area contributed by atoms with Crippen molar-refractivity contribution < 1.29 is 9.53 Å². The molecule has 0 bridgehead atoms. The molecule has 5 heteroatoms. The lowest BCUT2D eigenvalue weighted by Gasteiger charge is -2.34. The minimum atomic E-state index is -0.254. The van der Waals surface area contributed by atoms with Gasteiger partial charge in [-0.25, -0.2) is 0 Å². The van der Waals surface area contributed by atoms with E-state index in [0.29, 0.717) is 10.0 Å². The topological polar surface area (TPSA) is 38.3 Å². The van der Waals surface area contributed by atoms with Gasteiger partial charge in [-0.05, 0) is 47.9 Å². The van der Waals surface area contributed by atoms with Crippen molar-refractivity contribution in [3.8, 4) is 0 Å². The lowest BCUT2D eigenvalue weighted by Crippen LogP contribution is -2.41. The molecule has 1 heterocycles. The maximum atomic E-state index is 11.7. The molecule has 2 aromatic carbocycles. The molecule has 1 aliphatic rings. The van der Waals surface area contributed by atoms with Gasteiger partial charge in [0, 0.05) is 10.0 Å². The van der Waals surface area contributed by atoms with Crippen molar-refractivity contribution in [1.82, 2.24) is 5.32 Å². The Morgan fingerprint density at radius 2 is 1.77 bits per heavy atom. The van der Waals surface area contributed by atoms with Gasteiger partial charge in [0.05, 0.1) is 6.04 Å². The van der Waals surface area contributed by atoms with E-state index in [1.54, 1.807) is 0 Å². The van der Waals surface area contributed by atoms with Gasteiger partial charge in [-0.3, -0.25) is 4.79 Å². The first-order valence-corrected chi connectivity index (χ1v) is 7.72. The molecule has 2 atom stereocenters. The second-order valence-electron chi connectivity index (χ2n) is 5.33. The predicted molar refractivity (Wildman–Crippen MR) is 87.2 cm³/mol. The smallest absolute Gasteiger partial charge is 0.246 e. The molecule has 1 saturated heterocycles. The van der Waals surface area contributed by atoms with E-state index in [4.69, 9.17) is 27.9 Å². The summed E-state index contributed by atoms with van der Waals surface area (Å²) in [6.45, 7) is 2.04. The zero-order valence-electron chi connectivity index (χ0n) is 12.0. The molecule has 0 radical (unpaired) electrons. The number of hydrogen-bond acceptors (Lipinski definition) is 2. The van der Waals surface area contributed by atoms with Gasteiger partial charge in [0.1, 0.15) is 12.7 Å². The van der Waals surface area contributed by atoms with E-state index >= 15 is 0 Å². The first-order chi connectivity index (χ1) is 10.5. The molecule has 0 spiro atoms. The van der Waals surface area contributed by atoms with Crippen LogP contribution in [0, 0.1) is 6.92 Å². The van der Waals surface area contributed by atoms with Gasteiger partial charge >= 0.3 is 0 Å². The molecule has 22 heavy (non-hydrogen) atoms. The van der Waals surface area contributed by atoms with Gasteiger partial charge in [-0.2, -0.15) is 0 Å². The fourth-order valence-corrected chi connectivity index (χ4v) is 3.06. The molecule has 3 rings (SSSR count). The van der Waals surface area contributed by atoms with E-state index in [1.165, 1.54) is 0 Å². The number of ether oxygens (including phenoxy) is 1. The Balaban J connectivity index is 1.99. The number of aryl methyl sites for hydroxylation is 1. The molecule has 1 aliphatic heterocycles. The molecule has 1 amide bonds. The molecule has 2 aromatic rings. The number of benzene rings is 2. The lowest BCUT2D eigenvalue weighted by atomic mass is 9.92. The van der Waals surface area contributed by atoms with Crippen molar-refractivity contribution >= 4 is 29.1 Å². The number of nitrogens with one attached hydrogen (secondary N) is 1. The summed E-state index contributed by atoms with van der Waals surface area (Å²) in [5, 5.41) is 4.35. The summed E-state index contributed by atoms with van der Waals surface area (Å²) in [4.78, 5) is 11.7. The number of rotatable bonds is 2. The summed E-state index contributed by atoms with van der Waals surface area (Å²) in [7, 11) is 0. The van der Waals surface area contributed by atoms with Crippen LogP contribution in [0.2, 0.25) is 10.0 Å². The number of halogens is 2. The van der Waals surface area contributed by atoms with Crippen LogP contribution in [0.15, 0.2) is 42.5 Å². The number of carbonyl (C=O) groups is 1. The third kappa shape index (κ3) is 3.12. The highest BCUT2D eigenvalue weighted by molar-refractivity contribution is 6.30. The van der Waals surface area contributed by atoms with Crippen molar-refractivity contribution in [2.24, 2.45) is 0 Å². The van der Waals surface area contributed by atoms with Crippen LogP contribution in [0.4, 0.5) is 0 Å². The molecular weight excluding hydrogens is 321 g/mol. The van der Waals surface area contributed by atoms with Crippen LogP contribution in [0.1, 0.15) is 28.8 Å². The molecule has 0 aromatic heterocycles. The SMILES string of the molecule is Cc1cc(Cl)ccc1[C@H]1OCC(=O)N[C@H]1c1ccc(Cl)cc1. The van der Waals surface area contributed by atoms with E-state index in [9.17, 15) is 4.79 Å². The van der Waals surface area contributed by atoms with Gasteiger partial charge in [0.2, 0.25) is 5.91 Å². The Morgan fingerprint density at radius 3 is 2.45 bits per heavy atom. The summed E-state index contributed by atoms with van der Waals surface area (Å²) in [6.07, 6.45) is -0.254. The van der Waals surface area contributed by atoms with E-state index in [0.717, 1.165) is 16.7 Å². The van der Waals surface area contributed by atoms with Crippen LogP contribution in [0.5, 0.6) is 0 Å². The van der Waals surface area contributed by atoms with Crippen LogP contribution in [-0.4, -0.2) is 12.5 Å². The molecule has 0 unspecified atom stereocenters. The molecular formula is C17H15Cl2NO2. The summed E-state index contributed by atoms with van der Waals surface area (Å²) >= 11 is 12.0. The average Bonchev–Trinajstić information content (AvgIpc) is 2.49. The normalized spacial score (nSPS) is 21.5. The van der Waals surface area contributed by atoms with Gasteiger partial charge in [0.25, 0.3) is 0 Å². The summed E-state index contributed by atoms with van der Waals surface area (Å²) < 4.78 is 5.81. The second kappa shape index (κ2) is 6.29. The monoisotopic (exact) mass is 335 g/mol. The highest BCUT2D eigenvalue weighted by Gasteiger charge is 2.32. The van der Waals surface area contributed by atoms with E-state index in [1.807, 2.05) is 49.4 Å². The Morgan fingerprint density at radius 1 is 1.09 bits per heavy atom. The largest absolute Gasteiger partial charge is 0.361 e. The molecule has 114 valence electrons.